The predicted molar refractivity (Wildman–Crippen MR) is 115 cm³/mol. The highest BCUT2D eigenvalue weighted by Crippen LogP contribution is 2.37. The Morgan fingerprint density at radius 3 is 1.97 bits per heavy atom. The van der Waals surface area contributed by atoms with Gasteiger partial charge in [0.1, 0.15) is 17.3 Å². The fourth-order valence-corrected chi connectivity index (χ4v) is 3.31. The van der Waals surface area contributed by atoms with Gasteiger partial charge in [0.2, 0.25) is 0 Å². The molecule has 2 aromatic carbocycles. The maximum absolute atomic E-state index is 13.1. The zero-order valence-corrected chi connectivity index (χ0v) is 17.3. The number of nitrogens with one attached hydrogen (secondary N) is 2. The van der Waals surface area contributed by atoms with Gasteiger partial charge in [0.25, 0.3) is 11.8 Å². The molecule has 3 aromatic rings. The summed E-state index contributed by atoms with van der Waals surface area (Å²) in [5.74, 6) is -0.352. The van der Waals surface area contributed by atoms with Gasteiger partial charge in [-0.1, -0.05) is 6.07 Å². The first-order valence-electron chi connectivity index (χ1n) is 9.37. The number of rotatable bonds is 8. The minimum absolute atomic E-state index is 0.267. The SMILES string of the molecule is CCOc1cc(NC(=O)c2cccs2)c(OCC)cc1NC(=O)c1ccc(F)cc1. The molecule has 8 heteroatoms. The molecular weight excluding hydrogens is 407 g/mol. The number of halogens is 1. The number of anilines is 2. The molecule has 0 bridgehead atoms. The van der Waals surface area contributed by atoms with Gasteiger partial charge in [-0.3, -0.25) is 9.59 Å². The smallest absolute Gasteiger partial charge is 0.265 e. The lowest BCUT2D eigenvalue weighted by atomic mass is 10.2. The number of thiophene rings is 1. The van der Waals surface area contributed by atoms with Gasteiger partial charge >= 0.3 is 0 Å². The molecule has 0 aliphatic carbocycles. The average molecular weight is 428 g/mol. The van der Waals surface area contributed by atoms with Gasteiger partial charge in [-0.15, -0.1) is 11.3 Å². The molecule has 0 radical (unpaired) electrons. The van der Waals surface area contributed by atoms with Crippen molar-refractivity contribution in [3.05, 3.63) is 70.2 Å². The summed E-state index contributed by atoms with van der Waals surface area (Å²) in [6, 6.07) is 11.9. The van der Waals surface area contributed by atoms with Gasteiger partial charge in [-0.05, 0) is 49.6 Å². The van der Waals surface area contributed by atoms with Gasteiger partial charge in [-0.2, -0.15) is 0 Å². The van der Waals surface area contributed by atoms with Crippen LogP contribution in [0.1, 0.15) is 33.9 Å². The van der Waals surface area contributed by atoms with E-state index in [1.54, 1.807) is 24.3 Å². The molecule has 0 aliphatic rings. The Morgan fingerprint density at radius 2 is 1.47 bits per heavy atom. The van der Waals surface area contributed by atoms with Gasteiger partial charge < -0.3 is 20.1 Å². The highest BCUT2D eigenvalue weighted by Gasteiger charge is 2.18. The molecule has 156 valence electrons. The first kappa shape index (κ1) is 21.3. The molecule has 0 unspecified atom stereocenters. The van der Waals surface area contributed by atoms with Crippen molar-refractivity contribution in [2.45, 2.75) is 13.8 Å². The van der Waals surface area contributed by atoms with Crippen LogP contribution in [-0.2, 0) is 0 Å². The molecule has 2 amide bonds. The summed E-state index contributed by atoms with van der Waals surface area (Å²) in [4.78, 5) is 25.6. The number of benzene rings is 2. The summed E-state index contributed by atoms with van der Waals surface area (Å²) in [6.45, 7) is 4.34. The van der Waals surface area contributed by atoms with Gasteiger partial charge in [0, 0.05) is 17.7 Å². The second kappa shape index (κ2) is 9.89. The number of hydrogen-bond acceptors (Lipinski definition) is 5. The van der Waals surface area contributed by atoms with Crippen molar-refractivity contribution in [2.75, 3.05) is 23.8 Å². The van der Waals surface area contributed by atoms with Crippen molar-refractivity contribution >= 4 is 34.5 Å². The molecule has 0 saturated carbocycles. The molecular formula is C22H21FN2O4S. The topological polar surface area (TPSA) is 76.7 Å². The molecule has 1 heterocycles. The van der Waals surface area contributed by atoms with Crippen LogP contribution in [0.25, 0.3) is 0 Å². The van der Waals surface area contributed by atoms with Crippen molar-refractivity contribution in [3.8, 4) is 11.5 Å². The van der Waals surface area contributed by atoms with Crippen molar-refractivity contribution in [1.82, 2.24) is 0 Å². The minimum Gasteiger partial charge on any atom is -0.492 e. The Hall–Kier alpha value is -3.39. The molecule has 0 aliphatic heterocycles. The number of ether oxygens (including phenoxy) is 2. The zero-order chi connectivity index (χ0) is 21.5. The molecule has 1 aromatic heterocycles. The van der Waals surface area contributed by atoms with Crippen LogP contribution in [0.5, 0.6) is 11.5 Å². The Balaban J connectivity index is 1.92. The minimum atomic E-state index is -0.425. The van der Waals surface area contributed by atoms with Gasteiger partial charge in [-0.25, -0.2) is 4.39 Å². The summed E-state index contributed by atoms with van der Waals surface area (Å²) in [5.41, 5.74) is 1.11. The first-order chi connectivity index (χ1) is 14.5. The fourth-order valence-electron chi connectivity index (χ4n) is 2.69. The summed E-state index contributed by atoms with van der Waals surface area (Å²) >= 11 is 1.33. The van der Waals surface area contributed by atoms with Crippen molar-refractivity contribution in [3.63, 3.8) is 0 Å². The van der Waals surface area contributed by atoms with Gasteiger partial charge in [0.15, 0.2) is 0 Å². The van der Waals surface area contributed by atoms with E-state index in [-0.39, 0.29) is 5.91 Å². The summed E-state index contributed by atoms with van der Waals surface area (Å²) in [5, 5.41) is 7.41. The third kappa shape index (κ3) is 5.15. The lowest BCUT2D eigenvalue weighted by Crippen LogP contribution is -2.15. The standard InChI is InChI=1S/C22H21FN2O4S/c1-3-28-18-13-17(25-22(27)20-6-5-11-30-20)19(29-4-2)12-16(18)24-21(26)14-7-9-15(23)10-8-14/h5-13H,3-4H2,1-2H3,(H,24,26)(H,25,27). The molecule has 30 heavy (non-hydrogen) atoms. The highest BCUT2D eigenvalue weighted by atomic mass is 32.1. The average Bonchev–Trinajstić information content (AvgIpc) is 3.27. The Labute approximate surface area is 177 Å². The first-order valence-corrected chi connectivity index (χ1v) is 10.2. The third-order valence-electron chi connectivity index (χ3n) is 4.03. The molecule has 0 spiro atoms. The predicted octanol–water partition coefficient (Wildman–Crippen LogP) is 5.19. The van der Waals surface area contributed by atoms with E-state index in [4.69, 9.17) is 9.47 Å². The van der Waals surface area contributed by atoms with E-state index in [1.807, 2.05) is 19.2 Å². The van der Waals surface area contributed by atoms with Crippen molar-refractivity contribution < 1.29 is 23.5 Å². The monoisotopic (exact) mass is 428 g/mol. The number of amides is 2. The van der Waals surface area contributed by atoms with Crippen molar-refractivity contribution in [1.29, 1.82) is 0 Å². The molecule has 0 saturated heterocycles. The van der Waals surface area contributed by atoms with E-state index < -0.39 is 11.7 Å². The number of carbonyl (C=O) groups excluding carboxylic acids is 2. The zero-order valence-electron chi connectivity index (χ0n) is 16.5. The molecule has 3 rings (SSSR count). The normalized spacial score (nSPS) is 10.4. The van der Waals surface area contributed by atoms with E-state index in [1.165, 1.54) is 35.6 Å². The van der Waals surface area contributed by atoms with Gasteiger partial charge in [0.05, 0.1) is 29.5 Å². The molecule has 0 fully saturated rings. The maximum Gasteiger partial charge on any atom is 0.265 e. The van der Waals surface area contributed by atoms with Crippen LogP contribution < -0.4 is 20.1 Å². The van der Waals surface area contributed by atoms with E-state index >= 15 is 0 Å². The Kier molecular flexibility index (Phi) is 7.03. The highest BCUT2D eigenvalue weighted by molar-refractivity contribution is 7.12. The summed E-state index contributed by atoms with van der Waals surface area (Å²) < 4.78 is 24.5. The second-order valence-electron chi connectivity index (χ2n) is 6.10. The van der Waals surface area contributed by atoms with Crippen LogP contribution in [0, 0.1) is 5.82 Å². The second-order valence-corrected chi connectivity index (χ2v) is 7.05. The van der Waals surface area contributed by atoms with Crippen LogP contribution in [0.2, 0.25) is 0 Å². The van der Waals surface area contributed by atoms with E-state index in [9.17, 15) is 14.0 Å². The Bertz CT molecular complexity index is 1020. The van der Waals surface area contributed by atoms with Crippen LogP contribution >= 0.6 is 11.3 Å². The molecule has 2 N–H and O–H groups in total. The third-order valence-corrected chi connectivity index (χ3v) is 4.90. The lowest BCUT2D eigenvalue weighted by molar-refractivity contribution is 0.101. The van der Waals surface area contributed by atoms with Crippen molar-refractivity contribution in [2.24, 2.45) is 0 Å². The lowest BCUT2D eigenvalue weighted by Gasteiger charge is -2.17. The number of carbonyl (C=O) groups is 2. The van der Waals surface area contributed by atoms with Crippen LogP contribution in [0.4, 0.5) is 15.8 Å². The quantitative estimate of drug-likeness (QED) is 0.518. The van der Waals surface area contributed by atoms with Crippen LogP contribution in [0.3, 0.4) is 0 Å². The van der Waals surface area contributed by atoms with E-state index in [0.717, 1.165) is 0 Å². The summed E-state index contributed by atoms with van der Waals surface area (Å²) in [7, 11) is 0. The fraction of sp³-hybridized carbons (Fsp3) is 0.182. The maximum atomic E-state index is 13.1. The van der Waals surface area contributed by atoms with Crippen LogP contribution in [-0.4, -0.2) is 25.0 Å². The molecule has 0 atom stereocenters. The summed E-state index contributed by atoms with van der Waals surface area (Å²) in [6.07, 6.45) is 0. The molecule has 6 nitrogen and oxygen atoms in total. The van der Waals surface area contributed by atoms with Crippen LogP contribution in [0.15, 0.2) is 53.9 Å². The Morgan fingerprint density at radius 1 is 0.900 bits per heavy atom. The van der Waals surface area contributed by atoms with E-state index in [0.29, 0.717) is 46.5 Å². The van der Waals surface area contributed by atoms with E-state index in [2.05, 4.69) is 10.6 Å². The number of hydrogen-bond donors (Lipinski definition) is 2. The largest absolute Gasteiger partial charge is 0.492 e.